The molecule has 3 aromatic rings. The SMILES string of the molecule is O=C(COC(=O)c1cccc(N2C(=O)[C@H]3CC[C@@H](c4ccccc4)C[C@@H]3C2=O)c1)c1ccc(F)cc1. The quantitative estimate of drug-likeness (QED) is 0.281. The van der Waals surface area contributed by atoms with E-state index in [1.165, 1.54) is 34.7 Å². The zero-order valence-electron chi connectivity index (χ0n) is 19.4. The monoisotopic (exact) mass is 485 g/mol. The summed E-state index contributed by atoms with van der Waals surface area (Å²) in [5, 5.41) is 0. The van der Waals surface area contributed by atoms with Crippen molar-refractivity contribution in [3.63, 3.8) is 0 Å². The molecule has 0 spiro atoms. The number of rotatable bonds is 6. The molecule has 182 valence electrons. The maximum absolute atomic E-state index is 13.3. The molecule has 0 aromatic heterocycles. The number of esters is 1. The van der Waals surface area contributed by atoms with Crippen LogP contribution in [0.4, 0.5) is 10.1 Å². The minimum Gasteiger partial charge on any atom is -0.454 e. The number of Topliss-reactive ketones (excluding diaryl/α,β-unsaturated/α-hetero) is 1. The number of hydrogen-bond acceptors (Lipinski definition) is 5. The highest BCUT2D eigenvalue weighted by molar-refractivity contribution is 6.22. The van der Waals surface area contributed by atoms with Gasteiger partial charge in [0.25, 0.3) is 0 Å². The fraction of sp³-hybridized carbons (Fsp3) is 0.241. The third kappa shape index (κ3) is 4.56. The fourth-order valence-corrected chi connectivity index (χ4v) is 5.17. The minimum atomic E-state index is -0.757. The van der Waals surface area contributed by atoms with E-state index >= 15 is 0 Å². The molecule has 3 atom stereocenters. The van der Waals surface area contributed by atoms with E-state index in [2.05, 4.69) is 12.1 Å². The topological polar surface area (TPSA) is 80.8 Å². The number of anilines is 1. The van der Waals surface area contributed by atoms with Crippen LogP contribution in [-0.4, -0.2) is 30.2 Å². The van der Waals surface area contributed by atoms with Gasteiger partial charge in [0, 0.05) is 5.56 Å². The molecule has 0 bridgehead atoms. The molecule has 0 N–H and O–H groups in total. The molecule has 6 nitrogen and oxygen atoms in total. The molecule has 0 unspecified atom stereocenters. The van der Waals surface area contributed by atoms with Crippen molar-refractivity contribution in [2.45, 2.75) is 25.2 Å². The number of benzene rings is 3. The first-order valence-electron chi connectivity index (χ1n) is 11.9. The van der Waals surface area contributed by atoms with E-state index in [0.717, 1.165) is 18.6 Å². The van der Waals surface area contributed by atoms with Crippen molar-refractivity contribution in [2.24, 2.45) is 11.8 Å². The van der Waals surface area contributed by atoms with Crippen LogP contribution in [0.3, 0.4) is 0 Å². The van der Waals surface area contributed by atoms with Crippen molar-refractivity contribution < 1.29 is 28.3 Å². The maximum Gasteiger partial charge on any atom is 0.338 e. The standard InChI is InChI=1S/C29H24FNO5/c30-22-12-9-19(10-13-22)26(32)17-36-29(35)21-7-4-8-23(15-21)31-27(33)24-14-11-20(16-25(24)28(31)34)18-5-2-1-3-6-18/h1-10,12-13,15,20,24-25H,11,14,16-17H2/t20-,24+,25+/m1/s1. The van der Waals surface area contributed by atoms with E-state index in [9.17, 15) is 23.6 Å². The lowest BCUT2D eigenvalue weighted by Crippen LogP contribution is -2.31. The smallest absolute Gasteiger partial charge is 0.338 e. The van der Waals surface area contributed by atoms with Crippen LogP contribution in [0.5, 0.6) is 0 Å². The predicted molar refractivity (Wildman–Crippen MR) is 130 cm³/mol. The highest BCUT2D eigenvalue weighted by atomic mass is 19.1. The van der Waals surface area contributed by atoms with E-state index in [0.29, 0.717) is 18.5 Å². The fourth-order valence-electron chi connectivity index (χ4n) is 5.17. The Balaban J connectivity index is 1.28. The highest BCUT2D eigenvalue weighted by Gasteiger charge is 2.50. The maximum atomic E-state index is 13.3. The van der Waals surface area contributed by atoms with E-state index in [1.807, 2.05) is 18.2 Å². The van der Waals surface area contributed by atoms with E-state index in [1.54, 1.807) is 12.1 Å². The van der Waals surface area contributed by atoms with Gasteiger partial charge in [-0.2, -0.15) is 0 Å². The molecule has 1 heterocycles. The Labute approximate surface area is 207 Å². The van der Waals surface area contributed by atoms with Crippen molar-refractivity contribution in [1.82, 2.24) is 0 Å². The van der Waals surface area contributed by atoms with E-state index < -0.39 is 24.2 Å². The number of nitrogens with zero attached hydrogens (tertiary/aromatic N) is 1. The number of ketones is 1. The first kappa shape index (κ1) is 23.6. The molecule has 2 fully saturated rings. The molecule has 7 heteroatoms. The Morgan fingerprint density at radius 3 is 2.31 bits per heavy atom. The summed E-state index contributed by atoms with van der Waals surface area (Å²) in [6.45, 7) is -0.513. The zero-order valence-corrected chi connectivity index (χ0v) is 19.4. The largest absolute Gasteiger partial charge is 0.454 e. The van der Waals surface area contributed by atoms with Gasteiger partial charge < -0.3 is 4.74 Å². The number of fused-ring (bicyclic) bond motifs is 1. The van der Waals surface area contributed by atoms with E-state index in [4.69, 9.17) is 4.74 Å². The summed E-state index contributed by atoms with van der Waals surface area (Å²) in [5.74, 6) is -2.71. The number of amides is 2. The number of carbonyl (C=O) groups is 4. The second-order valence-electron chi connectivity index (χ2n) is 9.20. The van der Waals surface area contributed by atoms with Gasteiger partial charge in [-0.15, -0.1) is 0 Å². The molecule has 1 aliphatic carbocycles. The van der Waals surface area contributed by atoms with Gasteiger partial charge in [-0.3, -0.25) is 19.3 Å². The highest BCUT2D eigenvalue weighted by Crippen LogP contribution is 2.45. The normalized spacial score (nSPS) is 21.2. The van der Waals surface area contributed by atoms with Crippen LogP contribution >= 0.6 is 0 Å². The first-order valence-corrected chi connectivity index (χ1v) is 11.9. The van der Waals surface area contributed by atoms with Gasteiger partial charge in [-0.25, -0.2) is 9.18 Å². The van der Waals surface area contributed by atoms with Crippen LogP contribution in [0.2, 0.25) is 0 Å². The summed E-state index contributed by atoms with van der Waals surface area (Å²) in [5.41, 5.74) is 1.84. The molecule has 3 aromatic carbocycles. The Bertz CT molecular complexity index is 1320. The first-order chi connectivity index (χ1) is 17.4. The number of imide groups is 1. The van der Waals surface area contributed by atoms with Crippen molar-refractivity contribution in [3.05, 3.63) is 101 Å². The van der Waals surface area contributed by atoms with Gasteiger partial charge in [-0.05, 0) is 73.2 Å². The number of carbonyl (C=O) groups excluding carboxylic acids is 4. The molecule has 36 heavy (non-hydrogen) atoms. The summed E-state index contributed by atoms with van der Waals surface area (Å²) < 4.78 is 18.2. The lowest BCUT2D eigenvalue weighted by atomic mass is 9.73. The van der Waals surface area contributed by atoms with Gasteiger partial charge in [-0.1, -0.05) is 36.4 Å². The Morgan fingerprint density at radius 1 is 0.833 bits per heavy atom. The van der Waals surface area contributed by atoms with Gasteiger partial charge >= 0.3 is 5.97 Å². The van der Waals surface area contributed by atoms with Gasteiger partial charge in [0.05, 0.1) is 23.1 Å². The van der Waals surface area contributed by atoms with Crippen LogP contribution in [0, 0.1) is 17.7 Å². The second-order valence-corrected chi connectivity index (χ2v) is 9.20. The van der Waals surface area contributed by atoms with Gasteiger partial charge in [0.15, 0.2) is 12.4 Å². The molecular weight excluding hydrogens is 461 g/mol. The molecule has 1 aliphatic heterocycles. The summed E-state index contributed by atoms with van der Waals surface area (Å²) in [6.07, 6.45) is 2.09. The summed E-state index contributed by atoms with van der Waals surface area (Å²) in [7, 11) is 0. The number of halogens is 1. The van der Waals surface area contributed by atoms with Crippen LogP contribution in [0.15, 0.2) is 78.9 Å². The van der Waals surface area contributed by atoms with Crippen molar-refractivity contribution in [3.8, 4) is 0 Å². The van der Waals surface area contributed by atoms with Crippen molar-refractivity contribution in [1.29, 1.82) is 0 Å². The summed E-state index contributed by atoms with van der Waals surface area (Å²) >= 11 is 0. The van der Waals surface area contributed by atoms with Crippen LogP contribution in [0.1, 0.15) is 51.5 Å². The molecular formula is C29H24FNO5. The van der Waals surface area contributed by atoms with E-state index in [-0.39, 0.29) is 40.7 Å². The lowest BCUT2D eigenvalue weighted by Gasteiger charge is -2.28. The summed E-state index contributed by atoms with van der Waals surface area (Å²) in [4.78, 5) is 52.5. The molecule has 2 amide bonds. The van der Waals surface area contributed by atoms with Crippen LogP contribution in [-0.2, 0) is 14.3 Å². The van der Waals surface area contributed by atoms with Gasteiger partial charge in [0.2, 0.25) is 11.8 Å². The van der Waals surface area contributed by atoms with Crippen molar-refractivity contribution in [2.75, 3.05) is 11.5 Å². The summed E-state index contributed by atoms with van der Waals surface area (Å²) in [6, 6.07) is 21.1. The molecule has 1 saturated heterocycles. The average molecular weight is 486 g/mol. The molecule has 1 saturated carbocycles. The van der Waals surface area contributed by atoms with Crippen LogP contribution in [0.25, 0.3) is 0 Å². The lowest BCUT2D eigenvalue weighted by molar-refractivity contribution is -0.122. The van der Waals surface area contributed by atoms with Crippen LogP contribution < -0.4 is 4.90 Å². The number of hydrogen-bond donors (Lipinski definition) is 0. The Hall–Kier alpha value is -4.13. The second kappa shape index (κ2) is 9.85. The predicted octanol–water partition coefficient (Wildman–Crippen LogP) is 4.94. The zero-order chi connectivity index (χ0) is 25.2. The third-order valence-electron chi connectivity index (χ3n) is 7.04. The minimum absolute atomic E-state index is 0.122. The molecule has 5 rings (SSSR count). The molecule has 2 aliphatic rings. The average Bonchev–Trinajstić information content (AvgIpc) is 3.17. The van der Waals surface area contributed by atoms with Gasteiger partial charge in [0.1, 0.15) is 5.82 Å². The van der Waals surface area contributed by atoms with Crippen molar-refractivity contribution >= 4 is 29.3 Å². The Kier molecular flexibility index (Phi) is 6.46. The molecule has 0 radical (unpaired) electrons. The third-order valence-corrected chi connectivity index (χ3v) is 7.04. The number of ether oxygens (including phenoxy) is 1. The Morgan fingerprint density at radius 2 is 1.56 bits per heavy atom.